The van der Waals surface area contributed by atoms with Crippen LogP contribution < -0.4 is 5.32 Å². The Hall–Kier alpha value is -2.17. The minimum Gasteiger partial charge on any atom is -0.359 e. The Morgan fingerprint density at radius 1 is 1.43 bits per heavy atom. The normalized spacial score (nSPS) is 17.3. The molecular formula is C16H19N3O2. The molecule has 110 valence electrons. The minimum absolute atomic E-state index is 0.106. The number of carbonyl (C=O) groups is 1. The lowest BCUT2D eigenvalue weighted by Crippen LogP contribution is -2.20. The standard InChI is InChI=1S/C16H19N3O2/c1-17-15(20)10-14-18-16(21-19-14)9-12-7-4-6-11-5-2-3-8-13(11)12/h2-3,5,8,12H,4,6-7,9-10H2,1H3,(H,17,20)/t12-/m1/s1. The number of hydrogen-bond donors (Lipinski definition) is 1. The van der Waals surface area contributed by atoms with E-state index in [9.17, 15) is 4.79 Å². The lowest BCUT2D eigenvalue weighted by atomic mass is 9.81. The second kappa shape index (κ2) is 6.08. The number of likely N-dealkylation sites (N-methyl/N-ethyl adjacent to an activating group) is 1. The molecule has 5 heteroatoms. The zero-order valence-corrected chi connectivity index (χ0v) is 12.1. The predicted molar refractivity (Wildman–Crippen MR) is 77.9 cm³/mol. The molecule has 1 aromatic carbocycles. The Morgan fingerprint density at radius 2 is 2.29 bits per heavy atom. The highest BCUT2D eigenvalue weighted by molar-refractivity contribution is 5.77. The van der Waals surface area contributed by atoms with Gasteiger partial charge in [0.2, 0.25) is 11.8 Å². The zero-order chi connectivity index (χ0) is 14.7. The van der Waals surface area contributed by atoms with E-state index in [-0.39, 0.29) is 12.3 Å². The summed E-state index contributed by atoms with van der Waals surface area (Å²) >= 11 is 0. The summed E-state index contributed by atoms with van der Waals surface area (Å²) in [6.07, 6.45) is 4.41. The van der Waals surface area contributed by atoms with Gasteiger partial charge in [0.1, 0.15) is 0 Å². The van der Waals surface area contributed by atoms with Crippen LogP contribution in [0.2, 0.25) is 0 Å². The Bertz CT molecular complexity index is 636. The van der Waals surface area contributed by atoms with E-state index < -0.39 is 0 Å². The van der Waals surface area contributed by atoms with Crippen molar-refractivity contribution in [1.82, 2.24) is 15.5 Å². The Balaban J connectivity index is 1.72. The van der Waals surface area contributed by atoms with E-state index in [2.05, 4.69) is 39.7 Å². The second-order valence-corrected chi connectivity index (χ2v) is 5.45. The van der Waals surface area contributed by atoms with Crippen LogP contribution in [0.15, 0.2) is 28.8 Å². The van der Waals surface area contributed by atoms with Crippen LogP contribution in [0.25, 0.3) is 0 Å². The molecule has 3 rings (SSSR count). The van der Waals surface area contributed by atoms with Crippen molar-refractivity contribution < 1.29 is 9.32 Å². The van der Waals surface area contributed by atoms with E-state index in [1.807, 2.05) is 0 Å². The van der Waals surface area contributed by atoms with Crippen LogP contribution >= 0.6 is 0 Å². The van der Waals surface area contributed by atoms with Gasteiger partial charge in [0.05, 0.1) is 6.42 Å². The molecule has 0 bridgehead atoms. The van der Waals surface area contributed by atoms with Gasteiger partial charge in [-0.1, -0.05) is 29.4 Å². The number of hydrogen-bond acceptors (Lipinski definition) is 4. The molecule has 0 spiro atoms. The van der Waals surface area contributed by atoms with Crippen molar-refractivity contribution >= 4 is 5.91 Å². The van der Waals surface area contributed by atoms with Crippen molar-refractivity contribution in [3.05, 3.63) is 47.1 Å². The van der Waals surface area contributed by atoms with Gasteiger partial charge in [-0.25, -0.2) is 0 Å². The highest BCUT2D eigenvalue weighted by Crippen LogP contribution is 2.33. The van der Waals surface area contributed by atoms with E-state index in [0.29, 0.717) is 17.6 Å². The Morgan fingerprint density at radius 3 is 3.14 bits per heavy atom. The minimum atomic E-state index is -0.106. The molecular weight excluding hydrogens is 266 g/mol. The molecule has 0 saturated heterocycles. The summed E-state index contributed by atoms with van der Waals surface area (Å²) in [4.78, 5) is 15.6. The van der Waals surface area contributed by atoms with Crippen molar-refractivity contribution in [3.63, 3.8) is 0 Å². The molecule has 1 N–H and O–H groups in total. The van der Waals surface area contributed by atoms with Crippen molar-refractivity contribution in [2.75, 3.05) is 7.05 Å². The molecule has 0 saturated carbocycles. The van der Waals surface area contributed by atoms with E-state index in [1.54, 1.807) is 7.05 Å². The molecule has 21 heavy (non-hydrogen) atoms. The highest BCUT2D eigenvalue weighted by Gasteiger charge is 2.22. The van der Waals surface area contributed by atoms with Gasteiger partial charge in [0.15, 0.2) is 5.82 Å². The van der Waals surface area contributed by atoms with Crippen molar-refractivity contribution in [2.45, 2.75) is 38.0 Å². The summed E-state index contributed by atoms with van der Waals surface area (Å²) in [5.41, 5.74) is 2.83. The van der Waals surface area contributed by atoms with Gasteiger partial charge in [0, 0.05) is 13.5 Å². The fraction of sp³-hybridized carbons (Fsp3) is 0.438. The molecule has 1 aliphatic rings. The Kier molecular flexibility index (Phi) is 3.99. The van der Waals surface area contributed by atoms with Crippen molar-refractivity contribution in [1.29, 1.82) is 0 Å². The van der Waals surface area contributed by atoms with Crippen molar-refractivity contribution in [2.24, 2.45) is 0 Å². The van der Waals surface area contributed by atoms with Gasteiger partial charge in [-0.3, -0.25) is 4.79 Å². The van der Waals surface area contributed by atoms with Crippen molar-refractivity contribution in [3.8, 4) is 0 Å². The Labute approximate surface area is 123 Å². The number of amides is 1. The summed E-state index contributed by atoms with van der Waals surface area (Å²) < 4.78 is 5.29. The quantitative estimate of drug-likeness (QED) is 0.933. The van der Waals surface area contributed by atoms with Gasteiger partial charge in [-0.05, 0) is 36.3 Å². The topological polar surface area (TPSA) is 68.0 Å². The van der Waals surface area contributed by atoms with Crippen LogP contribution in [-0.4, -0.2) is 23.1 Å². The molecule has 1 aliphatic carbocycles. The predicted octanol–water partition coefficient (Wildman–Crippen LogP) is 2.02. The van der Waals surface area contributed by atoms with Crippen LogP contribution in [0.5, 0.6) is 0 Å². The maximum atomic E-state index is 11.3. The zero-order valence-electron chi connectivity index (χ0n) is 12.1. The molecule has 1 aromatic heterocycles. The van der Waals surface area contributed by atoms with Crippen LogP contribution in [0.3, 0.4) is 0 Å². The number of nitrogens with zero attached hydrogens (tertiary/aromatic N) is 2. The molecule has 5 nitrogen and oxygen atoms in total. The largest absolute Gasteiger partial charge is 0.359 e. The lowest BCUT2D eigenvalue weighted by Gasteiger charge is -2.24. The number of benzene rings is 1. The number of fused-ring (bicyclic) bond motifs is 1. The molecule has 0 unspecified atom stereocenters. The summed E-state index contributed by atoms with van der Waals surface area (Å²) in [5.74, 6) is 1.40. The molecule has 1 heterocycles. The van der Waals surface area contributed by atoms with Gasteiger partial charge < -0.3 is 9.84 Å². The molecule has 2 aromatic rings. The maximum absolute atomic E-state index is 11.3. The summed E-state index contributed by atoms with van der Waals surface area (Å²) in [6.45, 7) is 0. The fourth-order valence-corrected chi connectivity index (χ4v) is 2.95. The van der Waals surface area contributed by atoms with Gasteiger partial charge >= 0.3 is 0 Å². The number of carbonyl (C=O) groups excluding carboxylic acids is 1. The maximum Gasteiger partial charge on any atom is 0.227 e. The van der Waals surface area contributed by atoms with E-state index in [1.165, 1.54) is 17.5 Å². The SMILES string of the molecule is CNC(=O)Cc1noc(C[C@H]2CCCc3ccccc32)n1. The van der Waals surface area contributed by atoms with E-state index in [4.69, 9.17) is 4.52 Å². The average molecular weight is 285 g/mol. The van der Waals surface area contributed by atoms with Crippen LogP contribution in [0, 0.1) is 0 Å². The first-order valence-corrected chi connectivity index (χ1v) is 7.36. The fourth-order valence-electron chi connectivity index (χ4n) is 2.95. The third kappa shape index (κ3) is 3.12. The van der Waals surface area contributed by atoms with Gasteiger partial charge in [0.25, 0.3) is 0 Å². The monoisotopic (exact) mass is 285 g/mol. The number of aromatic nitrogens is 2. The highest BCUT2D eigenvalue weighted by atomic mass is 16.5. The van der Waals surface area contributed by atoms with E-state index in [0.717, 1.165) is 19.3 Å². The van der Waals surface area contributed by atoms with Crippen LogP contribution in [0.4, 0.5) is 0 Å². The second-order valence-electron chi connectivity index (χ2n) is 5.45. The first-order chi connectivity index (χ1) is 10.3. The number of aryl methyl sites for hydroxylation is 1. The average Bonchev–Trinajstić information content (AvgIpc) is 2.94. The lowest BCUT2D eigenvalue weighted by molar-refractivity contribution is -0.120. The molecule has 1 atom stereocenters. The smallest absolute Gasteiger partial charge is 0.227 e. The summed E-state index contributed by atoms with van der Waals surface area (Å²) in [7, 11) is 1.60. The molecule has 0 radical (unpaired) electrons. The number of rotatable bonds is 4. The summed E-state index contributed by atoms with van der Waals surface area (Å²) in [6, 6.07) is 8.57. The molecule has 0 fully saturated rings. The third-order valence-electron chi connectivity index (χ3n) is 4.02. The first kappa shape index (κ1) is 13.8. The van der Waals surface area contributed by atoms with Gasteiger partial charge in [-0.15, -0.1) is 0 Å². The van der Waals surface area contributed by atoms with Crippen LogP contribution in [-0.2, 0) is 24.1 Å². The first-order valence-electron chi connectivity index (χ1n) is 7.36. The van der Waals surface area contributed by atoms with Crippen LogP contribution in [0.1, 0.15) is 41.6 Å². The third-order valence-corrected chi connectivity index (χ3v) is 4.02. The number of nitrogens with one attached hydrogen (secondary N) is 1. The molecule has 0 aliphatic heterocycles. The molecule has 1 amide bonds. The van der Waals surface area contributed by atoms with Gasteiger partial charge in [-0.2, -0.15) is 4.98 Å². The van der Waals surface area contributed by atoms with E-state index >= 15 is 0 Å². The summed E-state index contributed by atoms with van der Waals surface area (Å²) in [5, 5.41) is 6.44.